The van der Waals surface area contributed by atoms with Crippen LogP contribution >= 0.6 is 15.9 Å². The molecule has 1 amide bonds. The summed E-state index contributed by atoms with van der Waals surface area (Å²) in [5.41, 5.74) is 1.98. The summed E-state index contributed by atoms with van der Waals surface area (Å²) in [6, 6.07) is 12.0. The number of anilines is 2. The zero-order chi connectivity index (χ0) is 20.0. The minimum atomic E-state index is -3.63. The third-order valence-electron chi connectivity index (χ3n) is 3.73. The molecule has 6 nitrogen and oxygen atoms in total. The average molecular weight is 455 g/mol. The van der Waals surface area contributed by atoms with Crippen molar-refractivity contribution < 1.29 is 17.9 Å². The molecule has 1 N–H and O–H groups in total. The van der Waals surface area contributed by atoms with E-state index in [1.54, 1.807) is 30.3 Å². The van der Waals surface area contributed by atoms with Crippen LogP contribution in [0.1, 0.15) is 18.9 Å². The van der Waals surface area contributed by atoms with Crippen LogP contribution in [-0.2, 0) is 14.8 Å². The van der Waals surface area contributed by atoms with Gasteiger partial charge in [0, 0.05) is 10.2 Å². The smallest absolute Gasteiger partial charge is 0.245 e. The summed E-state index contributed by atoms with van der Waals surface area (Å²) < 4.78 is 31.9. The van der Waals surface area contributed by atoms with E-state index in [2.05, 4.69) is 21.2 Å². The molecule has 0 fully saturated rings. The molecule has 8 heteroatoms. The first-order valence-corrected chi connectivity index (χ1v) is 11.1. The summed E-state index contributed by atoms with van der Waals surface area (Å²) in [5.74, 6) is 0.234. The number of rotatable bonds is 8. The molecule has 0 aliphatic heterocycles. The number of nitrogens with zero attached hydrogens (tertiary/aromatic N) is 1. The molecule has 2 aromatic carbocycles. The van der Waals surface area contributed by atoms with Crippen LogP contribution in [-0.4, -0.2) is 33.7 Å². The zero-order valence-corrected chi connectivity index (χ0v) is 17.9. The Morgan fingerprint density at radius 2 is 1.85 bits per heavy atom. The van der Waals surface area contributed by atoms with Gasteiger partial charge in [-0.25, -0.2) is 8.42 Å². The van der Waals surface area contributed by atoms with E-state index in [4.69, 9.17) is 4.74 Å². The molecule has 0 spiro atoms. The van der Waals surface area contributed by atoms with Gasteiger partial charge in [0.1, 0.15) is 12.3 Å². The van der Waals surface area contributed by atoms with E-state index in [1.165, 1.54) is 0 Å². The minimum Gasteiger partial charge on any atom is -0.494 e. The van der Waals surface area contributed by atoms with Crippen LogP contribution in [0.15, 0.2) is 46.9 Å². The lowest BCUT2D eigenvalue weighted by Gasteiger charge is -2.22. The van der Waals surface area contributed by atoms with Crippen LogP contribution in [0.2, 0.25) is 0 Å². The van der Waals surface area contributed by atoms with Crippen LogP contribution in [0.3, 0.4) is 0 Å². The molecule has 2 rings (SSSR count). The molecule has 0 heterocycles. The van der Waals surface area contributed by atoms with Gasteiger partial charge in [-0.2, -0.15) is 0 Å². The van der Waals surface area contributed by atoms with Crippen molar-refractivity contribution in [3.63, 3.8) is 0 Å². The van der Waals surface area contributed by atoms with E-state index in [1.807, 2.05) is 26.0 Å². The number of benzene rings is 2. The summed E-state index contributed by atoms with van der Waals surface area (Å²) in [7, 11) is -3.63. The Bertz CT molecular complexity index is 898. The lowest BCUT2D eigenvalue weighted by atomic mass is 10.2. The standard InChI is InChI=1S/C19H23BrN2O4S/c1-4-11-26-17-8-6-16(7-9-17)22(27(3,24)25)13-19(23)21-15-5-10-18(20)14(2)12-15/h5-10,12H,4,11,13H2,1-3H3,(H,21,23). The fourth-order valence-electron chi connectivity index (χ4n) is 2.38. The van der Waals surface area contributed by atoms with Crippen LogP contribution in [0.5, 0.6) is 5.75 Å². The molecule has 146 valence electrons. The number of halogens is 1. The molecule has 0 unspecified atom stereocenters. The number of ether oxygens (including phenoxy) is 1. The minimum absolute atomic E-state index is 0.316. The maximum Gasteiger partial charge on any atom is 0.245 e. The van der Waals surface area contributed by atoms with Gasteiger partial charge in [0.25, 0.3) is 0 Å². The largest absolute Gasteiger partial charge is 0.494 e. The van der Waals surface area contributed by atoms with Crippen molar-refractivity contribution in [2.75, 3.05) is 29.0 Å². The first kappa shape index (κ1) is 21.2. The second-order valence-electron chi connectivity index (χ2n) is 6.12. The quantitative estimate of drug-likeness (QED) is 0.654. The first-order valence-electron chi connectivity index (χ1n) is 8.47. The fourth-order valence-corrected chi connectivity index (χ4v) is 3.49. The van der Waals surface area contributed by atoms with Gasteiger partial charge in [-0.15, -0.1) is 0 Å². The second-order valence-corrected chi connectivity index (χ2v) is 8.89. The van der Waals surface area contributed by atoms with Gasteiger partial charge in [-0.3, -0.25) is 9.10 Å². The number of nitrogens with one attached hydrogen (secondary N) is 1. The summed E-state index contributed by atoms with van der Waals surface area (Å²) in [4.78, 5) is 12.4. The van der Waals surface area contributed by atoms with Crippen LogP contribution in [0.25, 0.3) is 0 Å². The number of carbonyl (C=O) groups is 1. The van der Waals surface area contributed by atoms with Crippen molar-refractivity contribution in [3.8, 4) is 5.75 Å². The fraction of sp³-hybridized carbons (Fsp3) is 0.316. The molecule has 0 aliphatic rings. The molecule has 0 aromatic heterocycles. The molecular formula is C19H23BrN2O4S. The highest BCUT2D eigenvalue weighted by Gasteiger charge is 2.21. The van der Waals surface area contributed by atoms with E-state index in [0.29, 0.717) is 23.7 Å². The van der Waals surface area contributed by atoms with Crippen molar-refractivity contribution >= 4 is 43.2 Å². The highest BCUT2D eigenvalue weighted by molar-refractivity contribution is 9.10. The van der Waals surface area contributed by atoms with Gasteiger partial charge in [0.15, 0.2) is 0 Å². The monoisotopic (exact) mass is 454 g/mol. The number of carbonyl (C=O) groups excluding carboxylic acids is 1. The molecular weight excluding hydrogens is 432 g/mol. The Hall–Kier alpha value is -2.06. The van der Waals surface area contributed by atoms with E-state index in [9.17, 15) is 13.2 Å². The van der Waals surface area contributed by atoms with E-state index in [-0.39, 0.29) is 6.54 Å². The van der Waals surface area contributed by atoms with Gasteiger partial charge < -0.3 is 10.1 Å². The van der Waals surface area contributed by atoms with Crippen LogP contribution in [0.4, 0.5) is 11.4 Å². The SMILES string of the molecule is CCCOc1ccc(N(CC(=O)Nc2ccc(Br)c(C)c2)S(C)(=O)=O)cc1. The highest BCUT2D eigenvalue weighted by Crippen LogP contribution is 2.23. The predicted octanol–water partition coefficient (Wildman–Crippen LogP) is 3.95. The van der Waals surface area contributed by atoms with E-state index in [0.717, 1.165) is 27.0 Å². The molecule has 0 saturated heterocycles. The van der Waals surface area contributed by atoms with Gasteiger partial charge in [-0.05, 0) is 61.4 Å². The maximum atomic E-state index is 12.4. The Kier molecular flexibility index (Phi) is 7.26. The topological polar surface area (TPSA) is 75.7 Å². The zero-order valence-electron chi connectivity index (χ0n) is 15.5. The normalized spacial score (nSPS) is 11.1. The molecule has 2 aromatic rings. The van der Waals surface area contributed by atoms with Crippen molar-refractivity contribution in [3.05, 3.63) is 52.5 Å². The summed E-state index contributed by atoms with van der Waals surface area (Å²) in [6.07, 6.45) is 1.96. The molecule has 0 saturated carbocycles. The number of hydrogen-bond acceptors (Lipinski definition) is 4. The summed E-state index contributed by atoms with van der Waals surface area (Å²) >= 11 is 3.40. The average Bonchev–Trinajstić information content (AvgIpc) is 2.61. The summed E-state index contributed by atoms with van der Waals surface area (Å²) in [5, 5.41) is 2.73. The van der Waals surface area contributed by atoms with Crippen molar-refractivity contribution in [1.29, 1.82) is 0 Å². The van der Waals surface area contributed by atoms with Crippen molar-refractivity contribution in [1.82, 2.24) is 0 Å². The van der Waals surface area contributed by atoms with Gasteiger partial charge >= 0.3 is 0 Å². The van der Waals surface area contributed by atoms with Gasteiger partial charge in [0.2, 0.25) is 15.9 Å². The van der Waals surface area contributed by atoms with E-state index >= 15 is 0 Å². The number of aryl methyl sites for hydroxylation is 1. The van der Waals surface area contributed by atoms with Crippen LogP contribution < -0.4 is 14.4 Å². The van der Waals surface area contributed by atoms with Gasteiger partial charge in [0.05, 0.1) is 18.6 Å². The Balaban J connectivity index is 2.14. The van der Waals surface area contributed by atoms with Gasteiger partial charge in [-0.1, -0.05) is 22.9 Å². The molecule has 0 aliphatic carbocycles. The van der Waals surface area contributed by atoms with Crippen molar-refractivity contribution in [2.24, 2.45) is 0 Å². The Morgan fingerprint density at radius 1 is 1.19 bits per heavy atom. The molecule has 27 heavy (non-hydrogen) atoms. The lowest BCUT2D eigenvalue weighted by molar-refractivity contribution is -0.114. The third-order valence-corrected chi connectivity index (χ3v) is 5.76. The summed E-state index contributed by atoms with van der Waals surface area (Å²) in [6.45, 7) is 4.18. The lowest BCUT2D eigenvalue weighted by Crippen LogP contribution is -2.37. The third kappa shape index (κ3) is 6.25. The molecule has 0 radical (unpaired) electrons. The predicted molar refractivity (Wildman–Crippen MR) is 112 cm³/mol. The maximum absolute atomic E-state index is 12.4. The number of sulfonamides is 1. The van der Waals surface area contributed by atoms with Crippen molar-refractivity contribution in [2.45, 2.75) is 20.3 Å². The van der Waals surface area contributed by atoms with Crippen LogP contribution in [0, 0.1) is 6.92 Å². The highest BCUT2D eigenvalue weighted by atomic mass is 79.9. The first-order chi connectivity index (χ1) is 12.7. The van der Waals surface area contributed by atoms with E-state index < -0.39 is 15.9 Å². The molecule has 0 atom stereocenters. The number of amides is 1. The molecule has 0 bridgehead atoms. The second kappa shape index (κ2) is 9.23. The Morgan fingerprint density at radius 3 is 2.41 bits per heavy atom. The number of hydrogen-bond donors (Lipinski definition) is 1. The Labute approximate surface area is 168 Å².